The Morgan fingerprint density at radius 2 is 1.97 bits per heavy atom. The topological polar surface area (TPSA) is 79.8 Å². The molecule has 7 nitrogen and oxygen atoms in total. The van der Waals surface area contributed by atoms with Crippen LogP contribution in [0.2, 0.25) is 0 Å². The van der Waals surface area contributed by atoms with Crippen LogP contribution >= 0.6 is 0 Å². The summed E-state index contributed by atoms with van der Waals surface area (Å²) in [4.78, 5) is 18.8. The van der Waals surface area contributed by atoms with Crippen LogP contribution in [-0.2, 0) is 14.8 Å². The van der Waals surface area contributed by atoms with Crippen molar-refractivity contribution in [1.29, 1.82) is 0 Å². The van der Waals surface area contributed by atoms with Gasteiger partial charge in [-0.05, 0) is 51.7 Å². The number of aryl methyl sites for hydroxylation is 1. The Kier molecular flexibility index (Phi) is 4.82. The predicted octanol–water partition coefficient (Wildman–Crippen LogP) is 3.17. The van der Waals surface area contributed by atoms with E-state index in [9.17, 15) is 13.2 Å². The van der Waals surface area contributed by atoms with Crippen LogP contribution < -0.4 is 0 Å². The monoisotopic (exact) mass is 417 g/mol. The Labute approximate surface area is 171 Å². The van der Waals surface area contributed by atoms with E-state index in [4.69, 9.17) is 4.74 Å². The molecular formula is C21H27N3O4S. The summed E-state index contributed by atoms with van der Waals surface area (Å²) in [5.74, 6) is 0.134. The van der Waals surface area contributed by atoms with Gasteiger partial charge in [0.2, 0.25) is 10.0 Å². The lowest BCUT2D eigenvalue weighted by Crippen LogP contribution is -2.43. The van der Waals surface area contributed by atoms with E-state index in [0.29, 0.717) is 29.9 Å². The minimum absolute atomic E-state index is 0.134. The van der Waals surface area contributed by atoms with Crippen LogP contribution in [-0.4, -0.2) is 60.0 Å². The fraction of sp³-hybridized carbons (Fsp3) is 0.524. The number of carbonyl (C=O) groups excluding carboxylic acids is 1. The van der Waals surface area contributed by atoms with Crippen molar-refractivity contribution in [3.63, 3.8) is 0 Å². The molecule has 0 saturated carbocycles. The molecule has 0 aliphatic carbocycles. The van der Waals surface area contributed by atoms with Crippen molar-refractivity contribution in [2.24, 2.45) is 5.92 Å². The lowest BCUT2D eigenvalue weighted by atomic mass is 10.1. The molecule has 0 N–H and O–H groups in total. The molecule has 0 spiro atoms. The molecule has 1 aromatic heterocycles. The largest absolute Gasteiger partial charge is 0.444 e. The summed E-state index contributed by atoms with van der Waals surface area (Å²) in [6, 6.07) is 5.14. The van der Waals surface area contributed by atoms with Crippen LogP contribution in [0.1, 0.15) is 32.8 Å². The molecule has 0 unspecified atom stereocenters. The molecule has 29 heavy (non-hydrogen) atoms. The van der Waals surface area contributed by atoms with Gasteiger partial charge in [-0.15, -0.1) is 0 Å². The molecule has 3 heterocycles. The molecule has 0 bridgehead atoms. The van der Waals surface area contributed by atoms with Gasteiger partial charge in [0.15, 0.2) is 0 Å². The van der Waals surface area contributed by atoms with Gasteiger partial charge in [-0.3, -0.25) is 4.98 Å². The highest BCUT2D eigenvalue weighted by Gasteiger charge is 2.48. The van der Waals surface area contributed by atoms with Crippen LogP contribution in [0.15, 0.2) is 35.5 Å². The van der Waals surface area contributed by atoms with Crippen molar-refractivity contribution in [3.8, 4) is 0 Å². The van der Waals surface area contributed by atoms with Crippen molar-refractivity contribution in [1.82, 2.24) is 14.2 Å². The molecule has 2 aromatic rings. The maximum atomic E-state index is 13.5. The van der Waals surface area contributed by atoms with E-state index in [1.165, 1.54) is 4.31 Å². The van der Waals surface area contributed by atoms with E-state index in [-0.39, 0.29) is 18.1 Å². The zero-order valence-corrected chi connectivity index (χ0v) is 18.1. The molecule has 1 amide bonds. The second-order valence-electron chi connectivity index (χ2n) is 8.92. The molecule has 8 heteroatoms. The molecule has 2 aliphatic heterocycles. The zero-order valence-electron chi connectivity index (χ0n) is 17.3. The third-order valence-electron chi connectivity index (χ3n) is 5.69. The van der Waals surface area contributed by atoms with Gasteiger partial charge in [-0.1, -0.05) is 12.1 Å². The standard InChI is InChI=1S/C21H27N3O4S/c1-14-10-22-11-15-6-5-7-18(19(14)15)29(26,27)23-12-16-8-9-24(17(16)13-23)20(25)28-21(2,3)4/h5-7,10-11,16-17H,8-9,12-13H2,1-4H3/t16-,17+/m0/s1. The van der Waals surface area contributed by atoms with Gasteiger partial charge >= 0.3 is 6.09 Å². The minimum atomic E-state index is -3.69. The first kappa shape index (κ1) is 20.1. The first-order chi connectivity index (χ1) is 13.6. The van der Waals surface area contributed by atoms with Gasteiger partial charge in [-0.2, -0.15) is 4.31 Å². The van der Waals surface area contributed by atoms with E-state index in [1.807, 2.05) is 33.8 Å². The van der Waals surface area contributed by atoms with Crippen molar-refractivity contribution < 1.29 is 17.9 Å². The number of ether oxygens (including phenoxy) is 1. The summed E-state index contributed by atoms with van der Waals surface area (Å²) in [7, 11) is -3.69. The smallest absolute Gasteiger partial charge is 0.410 e. The van der Waals surface area contributed by atoms with Crippen molar-refractivity contribution in [3.05, 3.63) is 36.2 Å². The zero-order chi connectivity index (χ0) is 21.0. The summed E-state index contributed by atoms with van der Waals surface area (Å²) >= 11 is 0. The van der Waals surface area contributed by atoms with E-state index >= 15 is 0 Å². The Hall–Kier alpha value is -2.19. The minimum Gasteiger partial charge on any atom is -0.444 e. The number of carbonyl (C=O) groups is 1. The van der Waals surface area contributed by atoms with E-state index < -0.39 is 15.6 Å². The third-order valence-corrected chi connectivity index (χ3v) is 7.57. The first-order valence-electron chi connectivity index (χ1n) is 9.91. The fourth-order valence-electron chi connectivity index (χ4n) is 4.39. The highest BCUT2D eigenvalue weighted by Crippen LogP contribution is 2.37. The highest BCUT2D eigenvalue weighted by molar-refractivity contribution is 7.89. The summed E-state index contributed by atoms with van der Waals surface area (Å²) in [5, 5.41) is 1.52. The number of likely N-dealkylation sites (tertiary alicyclic amines) is 1. The summed E-state index contributed by atoms with van der Waals surface area (Å²) in [5.41, 5.74) is 0.255. The summed E-state index contributed by atoms with van der Waals surface area (Å²) in [6.07, 6.45) is 3.79. The van der Waals surface area contributed by atoms with Crippen molar-refractivity contribution in [2.45, 2.75) is 50.7 Å². The van der Waals surface area contributed by atoms with E-state index in [1.54, 1.807) is 29.4 Å². The molecule has 0 radical (unpaired) electrons. The van der Waals surface area contributed by atoms with Crippen molar-refractivity contribution >= 4 is 26.9 Å². The van der Waals surface area contributed by atoms with Crippen LogP contribution in [0.25, 0.3) is 10.8 Å². The molecule has 2 saturated heterocycles. The predicted molar refractivity (Wildman–Crippen MR) is 110 cm³/mol. The Bertz CT molecular complexity index is 1060. The van der Waals surface area contributed by atoms with Crippen LogP contribution in [0.4, 0.5) is 4.79 Å². The second kappa shape index (κ2) is 6.95. The molecule has 1 aromatic carbocycles. The van der Waals surface area contributed by atoms with E-state index in [0.717, 1.165) is 17.4 Å². The molecular weight excluding hydrogens is 390 g/mol. The number of rotatable bonds is 2. The Morgan fingerprint density at radius 3 is 2.69 bits per heavy atom. The van der Waals surface area contributed by atoms with Gasteiger partial charge in [-0.25, -0.2) is 13.2 Å². The van der Waals surface area contributed by atoms with Crippen LogP contribution in [0.3, 0.4) is 0 Å². The number of aromatic nitrogens is 1. The molecule has 156 valence electrons. The first-order valence-corrected chi connectivity index (χ1v) is 11.3. The Balaban J connectivity index is 1.62. The van der Waals surface area contributed by atoms with Crippen LogP contribution in [0, 0.1) is 12.8 Å². The number of fused-ring (bicyclic) bond motifs is 2. The fourth-order valence-corrected chi connectivity index (χ4v) is 6.19. The van der Waals surface area contributed by atoms with E-state index in [2.05, 4.69) is 4.98 Å². The van der Waals surface area contributed by atoms with Gasteiger partial charge < -0.3 is 9.64 Å². The summed E-state index contributed by atoms with van der Waals surface area (Å²) < 4.78 is 34.1. The second-order valence-corrected chi connectivity index (χ2v) is 10.8. The number of benzene rings is 1. The number of sulfonamides is 1. The van der Waals surface area contributed by atoms with Gasteiger partial charge in [0.05, 0.1) is 10.9 Å². The maximum Gasteiger partial charge on any atom is 0.410 e. The number of nitrogens with zero attached hydrogens (tertiary/aromatic N) is 3. The number of amides is 1. The SMILES string of the molecule is Cc1cncc2cccc(S(=O)(=O)N3C[C@@H]4CCN(C(=O)OC(C)(C)C)[C@@H]4C3)c12. The maximum absolute atomic E-state index is 13.5. The molecule has 2 atom stereocenters. The number of pyridine rings is 1. The molecule has 2 aliphatic rings. The average molecular weight is 418 g/mol. The van der Waals surface area contributed by atoms with Gasteiger partial charge in [0.1, 0.15) is 5.60 Å². The molecule has 4 rings (SSSR count). The summed E-state index contributed by atoms with van der Waals surface area (Å²) in [6.45, 7) is 8.71. The Morgan fingerprint density at radius 1 is 1.21 bits per heavy atom. The van der Waals surface area contributed by atoms with Crippen molar-refractivity contribution in [2.75, 3.05) is 19.6 Å². The van der Waals surface area contributed by atoms with Gasteiger partial charge in [0.25, 0.3) is 0 Å². The normalized spacial score (nSPS) is 22.8. The lowest BCUT2D eigenvalue weighted by Gasteiger charge is -2.28. The van der Waals surface area contributed by atoms with Gasteiger partial charge in [0, 0.05) is 42.8 Å². The average Bonchev–Trinajstić information content (AvgIpc) is 3.21. The number of hydrogen-bond donors (Lipinski definition) is 0. The quantitative estimate of drug-likeness (QED) is 0.750. The molecule has 2 fully saturated rings. The highest BCUT2D eigenvalue weighted by atomic mass is 32.2. The lowest BCUT2D eigenvalue weighted by molar-refractivity contribution is 0.0223. The number of hydrogen-bond acceptors (Lipinski definition) is 5. The third kappa shape index (κ3) is 3.59. The van der Waals surface area contributed by atoms with Crippen LogP contribution in [0.5, 0.6) is 0 Å².